The average Bonchev–Trinajstić information content (AvgIpc) is 2.43. The summed E-state index contributed by atoms with van der Waals surface area (Å²) in [6.07, 6.45) is 3.40. The first kappa shape index (κ1) is 10.3. The molecule has 0 saturated carbocycles. The Balaban J connectivity index is 2.91. The molecule has 0 aromatic rings. The van der Waals surface area contributed by atoms with Gasteiger partial charge in [0.05, 0.1) is 0 Å². The summed E-state index contributed by atoms with van der Waals surface area (Å²) in [6, 6.07) is 0. The minimum absolute atomic E-state index is 0.190. The molecule has 1 atom stereocenters. The molecule has 0 aromatic heterocycles. The maximum atomic E-state index is 11.9. The van der Waals surface area contributed by atoms with Gasteiger partial charge in [0, 0.05) is 6.54 Å². The molecular formula is C10H18N2O. The summed E-state index contributed by atoms with van der Waals surface area (Å²) in [6.45, 7) is 6.50. The second kappa shape index (κ2) is 3.50. The number of hydrogen-bond acceptors (Lipinski definition) is 2. The van der Waals surface area contributed by atoms with E-state index in [1.807, 2.05) is 19.0 Å². The monoisotopic (exact) mass is 182 g/mol. The first-order valence-electron chi connectivity index (χ1n) is 4.69. The van der Waals surface area contributed by atoms with Crippen LogP contribution < -0.4 is 0 Å². The van der Waals surface area contributed by atoms with Gasteiger partial charge in [0.25, 0.3) is 0 Å². The molecule has 1 heterocycles. The van der Waals surface area contributed by atoms with Crippen molar-refractivity contribution in [2.75, 3.05) is 20.6 Å². The zero-order chi connectivity index (χ0) is 10.1. The van der Waals surface area contributed by atoms with Crippen LogP contribution in [0.15, 0.2) is 12.8 Å². The van der Waals surface area contributed by atoms with Gasteiger partial charge in [-0.25, -0.2) is 0 Å². The number of hydrogen-bond donors (Lipinski definition) is 0. The van der Waals surface area contributed by atoms with E-state index in [9.17, 15) is 4.79 Å². The molecule has 1 amide bonds. The zero-order valence-corrected chi connectivity index (χ0v) is 8.71. The third-order valence-electron chi connectivity index (χ3n) is 3.09. The van der Waals surface area contributed by atoms with Crippen LogP contribution in [0.2, 0.25) is 0 Å². The Hall–Kier alpha value is -0.830. The molecule has 0 aromatic carbocycles. The third kappa shape index (κ3) is 1.37. The SMILES string of the molecule is C=CN1CCC(CC)(N(C)C)C1=O. The molecule has 0 bridgehead atoms. The Morgan fingerprint density at radius 1 is 1.69 bits per heavy atom. The Labute approximate surface area is 80.0 Å². The van der Waals surface area contributed by atoms with E-state index in [0.29, 0.717) is 0 Å². The number of rotatable bonds is 3. The molecule has 0 spiro atoms. The second-order valence-electron chi connectivity index (χ2n) is 3.71. The number of carbonyl (C=O) groups is 1. The Kier molecular flexibility index (Phi) is 2.76. The summed E-state index contributed by atoms with van der Waals surface area (Å²) >= 11 is 0. The van der Waals surface area contributed by atoms with E-state index in [2.05, 4.69) is 13.5 Å². The molecule has 1 rings (SSSR count). The molecule has 3 heteroatoms. The van der Waals surface area contributed by atoms with Gasteiger partial charge in [0.15, 0.2) is 0 Å². The van der Waals surface area contributed by atoms with Crippen LogP contribution in [0.3, 0.4) is 0 Å². The molecule has 1 fully saturated rings. The predicted octanol–water partition coefficient (Wildman–Crippen LogP) is 1.07. The zero-order valence-electron chi connectivity index (χ0n) is 8.71. The van der Waals surface area contributed by atoms with E-state index in [4.69, 9.17) is 0 Å². The van der Waals surface area contributed by atoms with Gasteiger partial charge >= 0.3 is 0 Å². The van der Waals surface area contributed by atoms with Crippen LogP contribution in [0, 0.1) is 0 Å². The van der Waals surface area contributed by atoms with Crippen LogP contribution in [0.25, 0.3) is 0 Å². The third-order valence-corrected chi connectivity index (χ3v) is 3.09. The van der Waals surface area contributed by atoms with Crippen molar-refractivity contribution in [3.8, 4) is 0 Å². The fourth-order valence-corrected chi connectivity index (χ4v) is 2.01. The van der Waals surface area contributed by atoms with E-state index in [1.54, 1.807) is 11.1 Å². The van der Waals surface area contributed by atoms with Crippen LogP contribution in [0.4, 0.5) is 0 Å². The van der Waals surface area contributed by atoms with Crippen LogP contribution in [-0.4, -0.2) is 41.9 Å². The van der Waals surface area contributed by atoms with Gasteiger partial charge in [-0.3, -0.25) is 9.69 Å². The minimum Gasteiger partial charge on any atom is -0.318 e. The van der Waals surface area contributed by atoms with E-state index < -0.39 is 0 Å². The van der Waals surface area contributed by atoms with Crippen molar-refractivity contribution in [2.24, 2.45) is 0 Å². The van der Waals surface area contributed by atoms with Gasteiger partial charge in [-0.2, -0.15) is 0 Å². The smallest absolute Gasteiger partial charge is 0.247 e. The lowest BCUT2D eigenvalue weighted by Crippen LogP contribution is -2.49. The summed E-state index contributed by atoms with van der Waals surface area (Å²) in [5.74, 6) is 0.190. The lowest BCUT2D eigenvalue weighted by Gasteiger charge is -2.32. The van der Waals surface area contributed by atoms with Crippen molar-refractivity contribution in [3.63, 3.8) is 0 Å². The van der Waals surface area contributed by atoms with Crippen molar-refractivity contribution in [1.29, 1.82) is 0 Å². The van der Waals surface area contributed by atoms with Gasteiger partial charge in [0.2, 0.25) is 5.91 Å². The molecule has 1 aliphatic heterocycles. The number of carbonyl (C=O) groups excluding carboxylic acids is 1. The summed E-state index contributed by atoms with van der Waals surface area (Å²) in [5, 5.41) is 0. The highest BCUT2D eigenvalue weighted by atomic mass is 16.2. The van der Waals surface area contributed by atoms with Crippen LogP contribution >= 0.6 is 0 Å². The lowest BCUT2D eigenvalue weighted by atomic mass is 9.93. The first-order valence-corrected chi connectivity index (χ1v) is 4.69. The number of likely N-dealkylation sites (tertiary alicyclic amines) is 1. The molecule has 0 N–H and O–H groups in total. The van der Waals surface area contributed by atoms with Crippen molar-refractivity contribution in [2.45, 2.75) is 25.3 Å². The Morgan fingerprint density at radius 3 is 2.54 bits per heavy atom. The number of nitrogens with zero attached hydrogens (tertiary/aromatic N) is 2. The highest BCUT2D eigenvalue weighted by Gasteiger charge is 2.46. The highest BCUT2D eigenvalue weighted by Crippen LogP contribution is 2.30. The van der Waals surface area contributed by atoms with E-state index >= 15 is 0 Å². The fourth-order valence-electron chi connectivity index (χ4n) is 2.01. The minimum atomic E-state index is -0.284. The topological polar surface area (TPSA) is 23.6 Å². The van der Waals surface area contributed by atoms with Crippen LogP contribution in [0.5, 0.6) is 0 Å². The average molecular weight is 182 g/mol. The molecule has 1 saturated heterocycles. The van der Waals surface area contributed by atoms with E-state index in [1.165, 1.54) is 0 Å². The Bertz CT molecular complexity index is 225. The fraction of sp³-hybridized carbons (Fsp3) is 0.700. The highest BCUT2D eigenvalue weighted by molar-refractivity contribution is 5.89. The molecule has 3 nitrogen and oxygen atoms in total. The van der Waals surface area contributed by atoms with Crippen molar-refractivity contribution in [1.82, 2.24) is 9.80 Å². The largest absolute Gasteiger partial charge is 0.318 e. The van der Waals surface area contributed by atoms with E-state index in [-0.39, 0.29) is 11.4 Å². The molecule has 0 aliphatic carbocycles. The molecule has 13 heavy (non-hydrogen) atoms. The summed E-state index contributed by atoms with van der Waals surface area (Å²) in [5.41, 5.74) is -0.284. The van der Waals surface area contributed by atoms with Crippen LogP contribution in [0.1, 0.15) is 19.8 Å². The molecule has 74 valence electrons. The molecule has 1 unspecified atom stereocenters. The normalized spacial score (nSPS) is 28.6. The van der Waals surface area contributed by atoms with Gasteiger partial charge in [0.1, 0.15) is 5.54 Å². The number of likely N-dealkylation sites (N-methyl/N-ethyl adjacent to an activating group) is 1. The van der Waals surface area contributed by atoms with Gasteiger partial charge in [-0.15, -0.1) is 0 Å². The van der Waals surface area contributed by atoms with Crippen molar-refractivity contribution < 1.29 is 4.79 Å². The second-order valence-corrected chi connectivity index (χ2v) is 3.71. The van der Waals surface area contributed by atoms with Gasteiger partial charge in [-0.05, 0) is 33.1 Å². The quantitative estimate of drug-likeness (QED) is 0.652. The van der Waals surface area contributed by atoms with Crippen LogP contribution in [-0.2, 0) is 4.79 Å². The van der Waals surface area contributed by atoms with E-state index in [0.717, 1.165) is 19.4 Å². The summed E-state index contributed by atoms with van der Waals surface area (Å²) in [4.78, 5) is 15.7. The molecule has 1 aliphatic rings. The lowest BCUT2D eigenvalue weighted by molar-refractivity contribution is -0.134. The standard InChI is InChI=1S/C10H18N2O/c1-5-10(11(3)4)7-8-12(6-2)9(10)13/h6H,2,5,7-8H2,1,3-4H3. The molecule has 0 radical (unpaired) electrons. The maximum Gasteiger partial charge on any atom is 0.247 e. The summed E-state index contributed by atoms with van der Waals surface area (Å²) in [7, 11) is 3.93. The first-order chi connectivity index (χ1) is 6.08. The summed E-state index contributed by atoms with van der Waals surface area (Å²) < 4.78 is 0. The van der Waals surface area contributed by atoms with Crippen molar-refractivity contribution in [3.05, 3.63) is 12.8 Å². The van der Waals surface area contributed by atoms with Crippen molar-refractivity contribution >= 4 is 5.91 Å². The Morgan fingerprint density at radius 2 is 2.31 bits per heavy atom. The van der Waals surface area contributed by atoms with Gasteiger partial charge in [-0.1, -0.05) is 13.5 Å². The number of amides is 1. The maximum absolute atomic E-state index is 11.9. The molecular weight excluding hydrogens is 164 g/mol. The van der Waals surface area contributed by atoms with Gasteiger partial charge < -0.3 is 4.90 Å². The predicted molar refractivity (Wildman–Crippen MR) is 53.2 cm³/mol.